The lowest BCUT2D eigenvalue weighted by Gasteiger charge is -2.31. The third kappa shape index (κ3) is 4.58. The van der Waals surface area contributed by atoms with Crippen molar-refractivity contribution in [1.29, 1.82) is 0 Å². The van der Waals surface area contributed by atoms with Gasteiger partial charge >= 0.3 is 0 Å². The van der Waals surface area contributed by atoms with Crippen LogP contribution in [-0.2, 0) is 16.8 Å². The Morgan fingerprint density at radius 1 is 1.32 bits per heavy atom. The van der Waals surface area contributed by atoms with E-state index in [2.05, 4.69) is 4.72 Å². The highest BCUT2D eigenvalue weighted by molar-refractivity contribution is 7.87. The van der Waals surface area contributed by atoms with Crippen LogP contribution < -0.4 is 4.72 Å². The molecular weight excluding hydrogens is 264 g/mol. The summed E-state index contributed by atoms with van der Waals surface area (Å²) in [6.45, 7) is 5.13. The lowest BCUT2D eigenvalue weighted by atomic mass is 10.0. The lowest BCUT2D eigenvalue weighted by molar-refractivity contribution is 0.110. The second kappa shape index (κ2) is 6.00. The monoisotopic (exact) mass is 286 g/mol. The Bertz CT molecular complexity index is 498. The molecule has 0 fully saturated rings. The Labute approximate surface area is 115 Å². The lowest BCUT2D eigenvalue weighted by Crippen LogP contribution is -2.54. The van der Waals surface area contributed by atoms with Crippen LogP contribution in [-0.4, -0.2) is 36.5 Å². The summed E-state index contributed by atoms with van der Waals surface area (Å²) in [6.07, 6.45) is -0.785. The van der Waals surface area contributed by atoms with E-state index in [1.807, 2.05) is 30.3 Å². The highest BCUT2D eigenvalue weighted by atomic mass is 32.2. The molecule has 0 aliphatic carbocycles. The first-order chi connectivity index (χ1) is 8.65. The quantitative estimate of drug-likeness (QED) is 0.823. The molecule has 19 heavy (non-hydrogen) atoms. The molecule has 2 N–H and O–H groups in total. The maximum atomic E-state index is 12.2. The van der Waals surface area contributed by atoms with E-state index in [1.54, 1.807) is 20.8 Å². The minimum atomic E-state index is -3.64. The molecule has 0 aliphatic rings. The van der Waals surface area contributed by atoms with Gasteiger partial charge in [-0.1, -0.05) is 30.3 Å². The van der Waals surface area contributed by atoms with Gasteiger partial charge < -0.3 is 5.11 Å². The Morgan fingerprint density at radius 2 is 1.84 bits per heavy atom. The third-order valence-corrected chi connectivity index (χ3v) is 4.83. The summed E-state index contributed by atoms with van der Waals surface area (Å²) in [6, 6.07) is 9.34. The average Bonchev–Trinajstić information content (AvgIpc) is 2.28. The smallest absolute Gasteiger partial charge is 0.280 e. The SMILES string of the molecule is CC(O)C(C)(C)NS(=O)(=O)N(C)Cc1ccccc1. The molecule has 0 spiro atoms. The summed E-state index contributed by atoms with van der Waals surface area (Å²) < 4.78 is 28.0. The zero-order valence-corrected chi connectivity index (χ0v) is 12.6. The molecule has 0 heterocycles. The van der Waals surface area contributed by atoms with Crippen molar-refractivity contribution in [2.45, 2.75) is 39.0 Å². The van der Waals surface area contributed by atoms with Gasteiger partial charge in [0.15, 0.2) is 0 Å². The predicted molar refractivity (Wildman–Crippen MR) is 75.7 cm³/mol. The maximum absolute atomic E-state index is 12.2. The third-order valence-electron chi connectivity index (χ3n) is 3.09. The second-order valence-electron chi connectivity index (χ2n) is 5.25. The first kappa shape index (κ1) is 16.1. The normalized spacial score (nSPS) is 14.6. The van der Waals surface area contributed by atoms with Crippen molar-refractivity contribution in [2.24, 2.45) is 0 Å². The Balaban J connectivity index is 2.78. The summed E-state index contributed by atoms with van der Waals surface area (Å²) in [5.74, 6) is 0. The summed E-state index contributed by atoms with van der Waals surface area (Å²) >= 11 is 0. The molecule has 5 nitrogen and oxygen atoms in total. The van der Waals surface area contributed by atoms with Gasteiger partial charge in [-0.25, -0.2) is 0 Å². The highest BCUT2D eigenvalue weighted by Crippen LogP contribution is 2.13. The van der Waals surface area contributed by atoms with E-state index in [0.29, 0.717) is 0 Å². The highest BCUT2D eigenvalue weighted by Gasteiger charge is 2.31. The molecular formula is C13H22N2O3S. The van der Waals surface area contributed by atoms with Crippen molar-refractivity contribution in [3.8, 4) is 0 Å². The van der Waals surface area contributed by atoms with Crippen LogP contribution in [0.2, 0.25) is 0 Å². The van der Waals surface area contributed by atoms with Crippen LogP contribution in [0.25, 0.3) is 0 Å². The Kier molecular flexibility index (Phi) is 5.09. The van der Waals surface area contributed by atoms with Crippen molar-refractivity contribution >= 4 is 10.2 Å². The van der Waals surface area contributed by atoms with Crippen molar-refractivity contribution < 1.29 is 13.5 Å². The summed E-state index contributed by atoms with van der Waals surface area (Å²) in [5.41, 5.74) is -0.00530. The minimum Gasteiger partial charge on any atom is -0.391 e. The number of aliphatic hydroxyl groups excluding tert-OH is 1. The first-order valence-electron chi connectivity index (χ1n) is 6.12. The first-order valence-corrected chi connectivity index (χ1v) is 7.56. The maximum Gasteiger partial charge on any atom is 0.280 e. The second-order valence-corrected chi connectivity index (χ2v) is 7.02. The summed E-state index contributed by atoms with van der Waals surface area (Å²) in [5, 5.41) is 9.57. The van der Waals surface area contributed by atoms with Gasteiger partial charge in [-0.05, 0) is 26.3 Å². The number of hydrogen-bond acceptors (Lipinski definition) is 3. The van der Waals surface area contributed by atoms with Crippen LogP contribution in [0.15, 0.2) is 30.3 Å². The van der Waals surface area contributed by atoms with Crippen molar-refractivity contribution in [2.75, 3.05) is 7.05 Å². The van der Waals surface area contributed by atoms with Gasteiger partial charge in [-0.2, -0.15) is 17.4 Å². The van der Waals surface area contributed by atoms with E-state index < -0.39 is 21.9 Å². The largest absolute Gasteiger partial charge is 0.391 e. The van der Waals surface area contributed by atoms with Crippen LogP contribution >= 0.6 is 0 Å². The van der Waals surface area contributed by atoms with Gasteiger partial charge in [0.25, 0.3) is 10.2 Å². The van der Waals surface area contributed by atoms with Gasteiger partial charge in [-0.3, -0.25) is 0 Å². The van der Waals surface area contributed by atoms with Crippen molar-refractivity contribution in [1.82, 2.24) is 9.03 Å². The fourth-order valence-electron chi connectivity index (χ4n) is 1.42. The Morgan fingerprint density at radius 3 is 2.32 bits per heavy atom. The topological polar surface area (TPSA) is 69.6 Å². The van der Waals surface area contributed by atoms with Gasteiger partial charge in [0, 0.05) is 13.6 Å². The number of nitrogens with one attached hydrogen (secondary N) is 1. The summed E-state index contributed by atoms with van der Waals surface area (Å²) in [4.78, 5) is 0. The van der Waals surface area contributed by atoms with Gasteiger partial charge in [-0.15, -0.1) is 0 Å². The molecule has 0 amide bonds. The van der Waals surface area contributed by atoms with E-state index in [0.717, 1.165) is 5.56 Å². The average molecular weight is 286 g/mol. The molecule has 108 valence electrons. The van der Waals surface area contributed by atoms with Crippen molar-refractivity contribution in [3.63, 3.8) is 0 Å². The molecule has 0 saturated heterocycles. The van der Waals surface area contributed by atoms with E-state index in [-0.39, 0.29) is 6.54 Å². The fraction of sp³-hybridized carbons (Fsp3) is 0.538. The van der Waals surface area contributed by atoms with Crippen LogP contribution in [0.3, 0.4) is 0 Å². The standard InChI is InChI=1S/C13H22N2O3S/c1-11(16)13(2,3)14-19(17,18)15(4)10-12-8-6-5-7-9-12/h5-9,11,14,16H,10H2,1-4H3. The number of hydrogen-bond donors (Lipinski definition) is 2. The Hall–Kier alpha value is -0.950. The molecule has 1 aromatic carbocycles. The van der Waals surface area contributed by atoms with Crippen molar-refractivity contribution in [3.05, 3.63) is 35.9 Å². The van der Waals surface area contributed by atoms with Gasteiger partial charge in [0.2, 0.25) is 0 Å². The van der Waals surface area contributed by atoms with E-state index in [9.17, 15) is 13.5 Å². The zero-order valence-electron chi connectivity index (χ0n) is 11.8. The van der Waals surface area contributed by atoms with E-state index >= 15 is 0 Å². The van der Waals surface area contributed by atoms with E-state index in [4.69, 9.17) is 0 Å². The van der Waals surface area contributed by atoms with Gasteiger partial charge in [0.1, 0.15) is 0 Å². The molecule has 1 rings (SSSR count). The fourth-order valence-corrected chi connectivity index (χ4v) is 2.73. The molecule has 0 aromatic heterocycles. The van der Waals surface area contributed by atoms with Crippen LogP contribution in [0.4, 0.5) is 0 Å². The van der Waals surface area contributed by atoms with Gasteiger partial charge in [0.05, 0.1) is 11.6 Å². The number of aliphatic hydroxyl groups is 1. The number of rotatable bonds is 6. The number of benzene rings is 1. The molecule has 0 bridgehead atoms. The molecule has 1 aromatic rings. The minimum absolute atomic E-state index is 0.284. The van der Waals surface area contributed by atoms with Crippen LogP contribution in [0, 0.1) is 0 Å². The molecule has 0 radical (unpaired) electrons. The molecule has 0 saturated carbocycles. The predicted octanol–water partition coefficient (Wildman–Crippen LogP) is 1.11. The van der Waals surface area contributed by atoms with E-state index in [1.165, 1.54) is 11.4 Å². The molecule has 1 atom stereocenters. The zero-order chi connectivity index (χ0) is 14.7. The molecule has 6 heteroatoms. The number of nitrogens with zero attached hydrogens (tertiary/aromatic N) is 1. The van der Waals surface area contributed by atoms with Crippen LogP contribution in [0.5, 0.6) is 0 Å². The molecule has 1 unspecified atom stereocenters. The summed E-state index contributed by atoms with van der Waals surface area (Å²) in [7, 11) is -2.13. The van der Waals surface area contributed by atoms with Crippen LogP contribution in [0.1, 0.15) is 26.3 Å². The molecule has 0 aliphatic heterocycles.